The number of benzene rings is 1. The molecule has 2 aromatic heterocycles. The van der Waals surface area contributed by atoms with Crippen LogP contribution in [0.2, 0.25) is 0 Å². The molecule has 0 atom stereocenters. The third kappa shape index (κ3) is 4.79. The van der Waals surface area contributed by atoms with E-state index in [1.807, 2.05) is 17.5 Å². The zero-order valence-corrected chi connectivity index (χ0v) is 17.1. The van der Waals surface area contributed by atoms with E-state index < -0.39 is 17.6 Å². The van der Waals surface area contributed by atoms with Gasteiger partial charge in [0.25, 0.3) is 5.91 Å². The van der Waals surface area contributed by atoms with Gasteiger partial charge in [-0.2, -0.15) is 18.3 Å². The first kappa shape index (κ1) is 21.1. The zero-order chi connectivity index (χ0) is 22.0. The second kappa shape index (κ2) is 8.54. The molecule has 0 saturated heterocycles. The van der Waals surface area contributed by atoms with Gasteiger partial charge in [-0.05, 0) is 29.1 Å². The molecule has 4 rings (SSSR count). The second-order valence-electron chi connectivity index (χ2n) is 7.23. The minimum absolute atomic E-state index is 0.0235. The number of amides is 2. The number of carbonyl (C=O) groups excluding carboxylic acids is 2. The fourth-order valence-corrected chi connectivity index (χ4v) is 4.19. The van der Waals surface area contributed by atoms with Crippen LogP contribution in [0.4, 0.5) is 13.2 Å². The van der Waals surface area contributed by atoms with Crippen LogP contribution in [0.3, 0.4) is 0 Å². The van der Waals surface area contributed by atoms with Crippen molar-refractivity contribution in [2.75, 3.05) is 6.54 Å². The van der Waals surface area contributed by atoms with Crippen LogP contribution in [0, 0.1) is 0 Å². The number of hydrogen-bond donors (Lipinski definition) is 2. The summed E-state index contributed by atoms with van der Waals surface area (Å²) in [6.45, 7) is 0.735. The molecule has 0 bridgehead atoms. The molecule has 31 heavy (non-hydrogen) atoms. The third-order valence-electron chi connectivity index (χ3n) is 5.11. The molecule has 10 heteroatoms. The Balaban J connectivity index is 1.42. The fraction of sp³-hybridized carbons (Fsp3) is 0.286. The number of thiophene rings is 1. The highest BCUT2D eigenvalue weighted by molar-refractivity contribution is 7.10. The lowest BCUT2D eigenvalue weighted by Crippen LogP contribution is -2.37. The highest BCUT2D eigenvalue weighted by Gasteiger charge is 2.31. The van der Waals surface area contributed by atoms with Gasteiger partial charge in [0, 0.05) is 42.2 Å². The van der Waals surface area contributed by atoms with Crippen LogP contribution in [0.1, 0.15) is 37.7 Å². The highest BCUT2D eigenvalue weighted by Crippen LogP contribution is 2.29. The van der Waals surface area contributed by atoms with Gasteiger partial charge in [-0.25, -0.2) is 0 Å². The smallest absolute Gasteiger partial charge is 0.347 e. The van der Waals surface area contributed by atoms with Crippen LogP contribution in [0.5, 0.6) is 0 Å². The first-order chi connectivity index (χ1) is 14.8. The second-order valence-corrected chi connectivity index (χ2v) is 8.26. The number of aromatic amines is 1. The molecule has 3 aromatic rings. The number of fused-ring (bicyclic) bond motifs is 1. The summed E-state index contributed by atoms with van der Waals surface area (Å²) in [6, 6.07) is 8.60. The quantitative estimate of drug-likeness (QED) is 0.627. The Morgan fingerprint density at radius 1 is 1.23 bits per heavy atom. The Kier molecular flexibility index (Phi) is 5.81. The molecule has 6 nitrogen and oxygen atoms in total. The number of carbonyl (C=O) groups is 2. The molecular formula is C21H19F3N4O2S. The lowest BCUT2D eigenvalue weighted by molar-refractivity contribution is -0.137. The molecule has 0 spiro atoms. The van der Waals surface area contributed by atoms with E-state index in [1.54, 1.807) is 4.90 Å². The van der Waals surface area contributed by atoms with Crippen molar-refractivity contribution in [3.8, 4) is 0 Å². The molecule has 0 aliphatic carbocycles. The molecule has 1 aliphatic rings. The van der Waals surface area contributed by atoms with Crippen molar-refractivity contribution in [1.82, 2.24) is 20.4 Å². The Labute approximate surface area is 180 Å². The van der Waals surface area contributed by atoms with E-state index in [0.717, 1.165) is 22.7 Å². The summed E-state index contributed by atoms with van der Waals surface area (Å²) in [7, 11) is 0. The molecular weight excluding hydrogens is 429 g/mol. The highest BCUT2D eigenvalue weighted by atomic mass is 32.1. The molecule has 3 heterocycles. The molecule has 0 radical (unpaired) electrons. The van der Waals surface area contributed by atoms with Crippen LogP contribution >= 0.6 is 11.3 Å². The van der Waals surface area contributed by atoms with Gasteiger partial charge in [0.05, 0.1) is 12.0 Å². The van der Waals surface area contributed by atoms with Crippen molar-refractivity contribution >= 4 is 23.2 Å². The van der Waals surface area contributed by atoms with Crippen molar-refractivity contribution in [2.45, 2.75) is 32.1 Å². The summed E-state index contributed by atoms with van der Waals surface area (Å²) >= 11 is 1.52. The first-order valence-electron chi connectivity index (χ1n) is 9.62. The van der Waals surface area contributed by atoms with Gasteiger partial charge in [-0.1, -0.05) is 18.2 Å². The summed E-state index contributed by atoms with van der Waals surface area (Å²) < 4.78 is 38.6. The van der Waals surface area contributed by atoms with Crippen molar-refractivity contribution < 1.29 is 22.8 Å². The molecule has 162 valence electrons. The summed E-state index contributed by atoms with van der Waals surface area (Å²) in [4.78, 5) is 27.9. The largest absolute Gasteiger partial charge is 0.416 e. The van der Waals surface area contributed by atoms with Crippen molar-refractivity contribution in [3.05, 3.63) is 74.7 Å². The van der Waals surface area contributed by atoms with Gasteiger partial charge in [0.2, 0.25) is 5.91 Å². The van der Waals surface area contributed by atoms with Crippen LogP contribution < -0.4 is 5.32 Å². The molecule has 1 aromatic carbocycles. The number of halogens is 3. The van der Waals surface area contributed by atoms with Crippen LogP contribution in [-0.4, -0.2) is 33.5 Å². The molecule has 0 unspecified atom stereocenters. The van der Waals surface area contributed by atoms with E-state index in [2.05, 4.69) is 15.5 Å². The number of rotatable bonds is 5. The maximum absolute atomic E-state index is 12.9. The monoisotopic (exact) mass is 448 g/mol. The van der Waals surface area contributed by atoms with E-state index >= 15 is 0 Å². The van der Waals surface area contributed by atoms with Crippen molar-refractivity contribution in [3.63, 3.8) is 0 Å². The van der Waals surface area contributed by atoms with E-state index in [-0.39, 0.29) is 24.7 Å². The zero-order valence-electron chi connectivity index (χ0n) is 16.3. The van der Waals surface area contributed by atoms with Gasteiger partial charge < -0.3 is 10.2 Å². The van der Waals surface area contributed by atoms with Gasteiger partial charge in [0.1, 0.15) is 0 Å². The topological polar surface area (TPSA) is 78.1 Å². The maximum atomic E-state index is 12.9. The Hall–Kier alpha value is -3.14. The predicted molar refractivity (Wildman–Crippen MR) is 108 cm³/mol. The predicted octanol–water partition coefficient (Wildman–Crippen LogP) is 3.55. The summed E-state index contributed by atoms with van der Waals surface area (Å²) in [5.41, 5.74) is 1.17. The normalized spacial score (nSPS) is 13.7. The Morgan fingerprint density at radius 2 is 2.06 bits per heavy atom. The van der Waals surface area contributed by atoms with Crippen molar-refractivity contribution in [1.29, 1.82) is 0 Å². The first-order valence-corrected chi connectivity index (χ1v) is 10.5. The minimum atomic E-state index is -4.44. The lowest BCUT2D eigenvalue weighted by atomic mass is 10.0. The lowest BCUT2D eigenvalue weighted by Gasteiger charge is -2.27. The van der Waals surface area contributed by atoms with Gasteiger partial charge in [-0.15, -0.1) is 11.3 Å². The fourth-order valence-electron chi connectivity index (χ4n) is 3.49. The number of nitrogens with zero attached hydrogens (tertiary/aromatic N) is 2. The molecule has 2 amide bonds. The van der Waals surface area contributed by atoms with Gasteiger partial charge in [-0.3, -0.25) is 14.7 Å². The third-order valence-corrected chi connectivity index (χ3v) is 5.99. The summed E-state index contributed by atoms with van der Waals surface area (Å²) in [5.74, 6) is -0.521. The number of H-pyrrole nitrogens is 1. The van der Waals surface area contributed by atoms with E-state index in [9.17, 15) is 22.8 Å². The Morgan fingerprint density at radius 3 is 2.81 bits per heavy atom. The molecule has 2 N–H and O–H groups in total. The minimum Gasteiger partial charge on any atom is -0.347 e. The van der Waals surface area contributed by atoms with Gasteiger partial charge in [0.15, 0.2) is 5.69 Å². The molecule has 1 aliphatic heterocycles. The number of nitrogens with one attached hydrogen (secondary N) is 2. The average molecular weight is 448 g/mol. The summed E-state index contributed by atoms with van der Waals surface area (Å²) in [6.07, 6.45) is -3.58. The van der Waals surface area contributed by atoms with Crippen LogP contribution in [-0.2, 0) is 36.9 Å². The summed E-state index contributed by atoms with van der Waals surface area (Å²) in [5, 5.41) is 11.5. The van der Waals surface area contributed by atoms with Crippen molar-refractivity contribution in [2.24, 2.45) is 0 Å². The van der Waals surface area contributed by atoms with Gasteiger partial charge >= 0.3 is 6.18 Å². The standard InChI is InChI=1S/C21H19F3N4O2S/c22-21(23,24)14-4-1-3-13(9-14)11-25-20(30)19-16-12-28(7-6-17(16)26-27-19)18(29)10-15-5-2-8-31-15/h1-5,8-9H,6-7,10-12H2,(H,25,30)(H,26,27). The van der Waals surface area contributed by atoms with E-state index in [1.165, 1.54) is 23.5 Å². The number of aromatic nitrogens is 2. The number of hydrogen-bond acceptors (Lipinski definition) is 4. The number of alkyl halides is 3. The van der Waals surface area contributed by atoms with E-state index in [4.69, 9.17) is 0 Å². The van der Waals surface area contributed by atoms with Crippen LogP contribution in [0.25, 0.3) is 0 Å². The average Bonchev–Trinajstić information content (AvgIpc) is 3.40. The van der Waals surface area contributed by atoms with Crippen LogP contribution in [0.15, 0.2) is 41.8 Å². The maximum Gasteiger partial charge on any atom is 0.416 e. The SMILES string of the molecule is O=C(NCc1cccc(C(F)(F)F)c1)c1n[nH]c2c1CN(C(=O)Cc1cccs1)CC2. The molecule has 0 saturated carbocycles. The Bertz CT molecular complexity index is 1090. The van der Waals surface area contributed by atoms with E-state index in [0.29, 0.717) is 30.5 Å². The molecule has 0 fully saturated rings.